The Morgan fingerprint density at radius 3 is 2.34 bits per heavy atom. The van der Waals surface area contributed by atoms with Crippen molar-refractivity contribution < 1.29 is 0 Å². The first-order chi connectivity index (χ1) is 15.6. The van der Waals surface area contributed by atoms with E-state index in [4.69, 9.17) is 9.97 Å². The van der Waals surface area contributed by atoms with Crippen molar-refractivity contribution in [3.05, 3.63) is 59.9 Å². The van der Waals surface area contributed by atoms with Gasteiger partial charge in [0.25, 0.3) is 0 Å². The predicted molar refractivity (Wildman–Crippen MR) is 136 cm³/mol. The molecule has 0 amide bonds. The summed E-state index contributed by atoms with van der Waals surface area (Å²) in [5.41, 5.74) is 3.83. The number of fused-ring (bicyclic) bond motifs is 1. The van der Waals surface area contributed by atoms with Crippen molar-refractivity contribution in [1.29, 1.82) is 0 Å². The second-order valence-electron chi connectivity index (χ2n) is 9.07. The topological polar surface area (TPSA) is 47.5 Å². The minimum Gasteiger partial charge on any atom is -0.369 e. The number of piperazine rings is 1. The molecule has 1 saturated heterocycles. The quantitative estimate of drug-likeness (QED) is 0.411. The van der Waals surface area contributed by atoms with E-state index < -0.39 is 0 Å². The highest BCUT2D eigenvalue weighted by Crippen LogP contribution is 2.21. The molecule has 0 saturated carbocycles. The summed E-state index contributed by atoms with van der Waals surface area (Å²) in [4.78, 5) is 17.0. The third kappa shape index (κ3) is 6.06. The molecule has 0 radical (unpaired) electrons. The molecule has 32 heavy (non-hydrogen) atoms. The van der Waals surface area contributed by atoms with Gasteiger partial charge in [0.15, 0.2) is 0 Å². The predicted octanol–water partition coefficient (Wildman–Crippen LogP) is 1.57. The Morgan fingerprint density at radius 2 is 1.59 bits per heavy atom. The Labute approximate surface area is 193 Å². The van der Waals surface area contributed by atoms with Crippen LogP contribution in [0.1, 0.15) is 17.8 Å². The Balaban J connectivity index is 1.37. The van der Waals surface area contributed by atoms with Crippen LogP contribution in [0.5, 0.6) is 0 Å². The molecule has 1 N–H and O–H groups in total. The van der Waals surface area contributed by atoms with Crippen LogP contribution >= 0.6 is 0 Å². The summed E-state index contributed by atoms with van der Waals surface area (Å²) in [6, 6.07) is 17.0. The first-order valence-electron chi connectivity index (χ1n) is 11.7. The molecule has 0 bridgehead atoms. The fraction of sp³-hybridized carbons (Fsp3) is 0.440. The van der Waals surface area contributed by atoms with Crippen molar-refractivity contribution in [2.75, 3.05) is 58.7 Å². The number of nitrogens with one attached hydrogen (secondary N) is 1. The summed E-state index contributed by atoms with van der Waals surface area (Å²) in [6.45, 7) is 8.08. The molecule has 4 rings (SSSR count). The Morgan fingerprint density at radius 1 is 0.906 bits per heavy atom. The molecule has 1 aromatic heterocycles. The minimum absolute atomic E-state index is 0.801. The van der Waals surface area contributed by atoms with Gasteiger partial charge in [-0.2, -0.15) is 0 Å². The van der Waals surface area contributed by atoms with E-state index in [2.05, 4.69) is 90.5 Å². The first-order valence-corrected chi connectivity index (χ1v) is 11.7. The summed E-state index contributed by atoms with van der Waals surface area (Å²) in [5, 5.41) is 4.66. The summed E-state index contributed by atoms with van der Waals surface area (Å²) < 4.78 is 0. The average molecular weight is 430 g/mol. The maximum atomic E-state index is 4.92. The highest BCUT2D eigenvalue weighted by molar-refractivity contribution is 6.33. The standard InChI is InChI=1S/C25H35BN6/c1-30(2)13-7-12-27-25-21-9-4-6-11-23(21)28-24(29-25)19-32-16-14-31(15-17-32)18-20-8-3-5-10-22(20)26/h3-6,8-11H,7,12-19,26H2,1-2H3,(H,27,28,29). The lowest BCUT2D eigenvalue weighted by Crippen LogP contribution is -2.46. The van der Waals surface area contributed by atoms with E-state index in [0.29, 0.717) is 0 Å². The maximum absolute atomic E-state index is 4.92. The average Bonchev–Trinajstić information content (AvgIpc) is 2.79. The van der Waals surface area contributed by atoms with Gasteiger partial charge in [0.05, 0.1) is 12.1 Å². The smallest absolute Gasteiger partial charge is 0.145 e. The lowest BCUT2D eigenvalue weighted by molar-refractivity contribution is 0.120. The lowest BCUT2D eigenvalue weighted by Gasteiger charge is -2.34. The molecular weight excluding hydrogens is 395 g/mol. The van der Waals surface area contributed by atoms with Gasteiger partial charge in [0.1, 0.15) is 19.5 Å². The second-order valence-corrected chi connectivity index (χ2v) is 9.07. The van der Waals surface area contributed by atoms with E-state index in [1.54, 1.807) is 0 Å². The number of anilines is 1. The van der Waals surface area contributed by atoms with Crippen molar-refractivity contribution in [2.45, 2.75) is 19.5 Å². The third-order valence-electron chi connectivity index (χ3n) is 6.21. The fourth-order valence-corrected chi connectivity index (χ4v) is 4.27. The van der Waals surface area contributed by atoms with Gasteiger partial charge >= 0.3 is 0 Å². The van der Waals surface area contributed by atoms with Crippen molar-refractivity contribution in [1.82, 2.24) is 24.7 Å². The van der Waals surface area contributed by atoms with Crippen LogP contribution in [0.2, 0.25) is 0 Å². The number of nitrogens with zero attached hydrogens (tertiary/aromatic N) is 5. The van der Waals surface area contributed by atoms with Gasteiger partial charge in [-0.1, -0.05) is 41.9 Å². The zero-order valence-corrected chi connectivity index (χ0v) is 19.7. The van der Waals surface area contributed by atoms with Gasteiger partial charge in [-0.25, -0.2) is 9.97 Å². The summed E-state index contributed by atoms with van der Waals surface area (Å²) in [5.74, 6) is 1.87. The summed E-state index contributed by atoms with van der Waals surface area (Å²) in [7, 11) is 6.42. The van der Waals surface area contributed by atoms with Gasteiger partial charge in [0.2, 0.25) is 0 Å². The largest absolute Gasteiger partial charge is 0.369 e. The minimum atomic E-state index is 0.801. The van der Waals surface area contributed by atoms with Crippen LogP contribution in [0.4, 0.5) is 5.82 Å². The number of hydrogen-bond donors (Lipinski definition) is 1. The molecule has 1 aliphatic heterocycles. The van der Waals surface area contributed by atoms with E-state index >= 15 is 0 Å². The van der Waals surface area contributed by atoms with Gasteiger partial charge in [-0.15, -0.1) is 0 Å². The molecule has 2 heterocycles. The highest BCUT2D eigenvalue weighted by Gasteiger charge is 2.19. The Bertz CT molecular complexity index is 1020. The van der Waals surface area contributed by atoms with Crippen LogP contribution in [-0.4, -0.2) is 85.9 Å². The van der Waals surface area contributed by atoms with E-state index in [9.17, 15) is 0 Å². The van der Waals surface area contributed by atoms with Gasteiger partial charge in [-0.05, 0) is 44.8 Å². The lowest BCUT2D eigenvalue weighted by atomic mass is 9.90. The van der Waals surface area contributed by atoms with Crippen LogP contribution in [-0.2, 0) is 13.1 Å². The normalized spacial score (nSPS) is 15.5. The number of hydrogen-bond acceptors (Lipinski definition) is 6. The Hall–Kier alpha value is -2.48. The Kier molecular flexibility index (Phi) is 7.74. The number of benzene rings is 2. The monoisotopic (exact) mass is 430 g/mol. The fourth-order valence-electron chi connectivity index (χ4n) is 4.27. The molecule has 0 spiro atoms. The van der Waals surface area contributed by atoms with Crippen LogP contribution < -0.4 is 10.8 Å². The van der Waals surface area contributed by atoms with Crippen molar-refractivity contribution in [2.24, 2.45) is 0 Å². The van der Waals surface area contributed by atoms with Gasteiger partial charge in [-0.3, -0.25) is 9.80 Å². The molecule has 0 unspecified atom stereocenters. The van der Waals surface area contributed by atoms with Crippen molar-refractivity contribution >= 4 is 30.0 Å². The van der Waals surface area contributed by atoms with Crippen molar-refractivity contribution in [3.63, 3.8) is 0 Å². The first kappa shape index (κ1) is 22.7. The SMILES string of the molecule is Bc1ccccc1CN1CCN(Cc2nc(NCCCN(C)C)c3ccccc3n2)CC1. The van der Waals surface area contributed by atoms with Gasteiger partial charge < -0.3 is 10.2 Å². The molecule has 1 aliphatic rings. The number of aromatic nitrogens is 2. The van der Waals surface area contributed by atoms with Crippen molar-refractivity contribution in [3.8, 4) is 0 Å². The molecule has 7 heteroatoms. The molecule has 168 valence electrons. The van der Waals surface area contributed by atoms with E-state index in [0.717, 1.165) is 81.3 Å². The maximum Gasteiger partial charge on any atom is 0.145 e. The number of rotatable bonds is 9. The van der Waals surface area contributed by atoms with Gasteiger partial charge in [0, 0.05) is 44.7 Å². The van der Waals surface area contributed by atoms with E-state index in [-0.39, 0.29) is 0 Å². The number of para-hydroxylation sites is 1. The second kappa shape index (κ2) is 10.9. The zero-order chi connectivity index (χ0) is 22.3. The molecular formula is C25H35BN6. The summed E-state index contributed by atoms with van der Waals surface area (Å²) >= 11 is 0. The van der Waals surface area contributed by atoms with Crippen LogP contribution in [0.3, 0.4) is 0 Å². The molecule has 2 aromatic carbocycles. The van der Waals surface area contributed by atoms with E-state index in [1.807, 2.05) is 0 Å². The third-order valence-corrected chi connectivity index (χ3v) is 6.21. The van der Waals surface area contributed by atoms with Crippen LogP contribution in [0.15, 0.2) is 48.5 Å². The highest BCUT2D eigenvalue weighted by atomic mass is 15.3. The molecule has 3 aromatic rings. The molecule has 0 atom stereocenters. The molecule has 6 nitrogen and oxygen atoms in total. The van der Waals surface area contributed by atoms with Crippen LogP contribution in [0, 0.1) is 0 Å². The molecule has 1 fully saturated rings. The summed E-state index contributed by atoms with van der Waals surface area (Å²) in [6.07, 6.45) is 1.09. The van der Waals surface area contributed by atoms with E-state index in [1.165, 1.54) is 11.0 Å². The zero-order valence-electron chi connectivity index (χ0n) is 19.7. The molecule has 0 aliphatic carbocycles. The van der Waals surface area contributed by atoms with Crippen LogP contribution in [0.25, 0.3) is 10.9 Å².